The van der Waals surface area contributed by atoms with Gasteiger partial charge < -0.3 is 9.88 Å². The number of imidazole rings is 1. The summed E-state index contributed by atoms with van der Waals surface area (Å²) in [5.74, 6) is 0.663. The fraction of sp³-hybridized carbons (Fsp3) is 0.267. The average molecular weight is 297 g/mol. The van der Waals surface area contributed by atoms with Gasteiger partial charge in [0.15, 0.2) is 0 Å². The summed E-state index contributed by atoms with van der Waals surface area (Å²) in [7, 11) is 0. The minimum Gasteiger partial charge on any atom is -0.356 e. The molecule has 1 fully saturated rings. The van der Waals surface area contributed by atoms with Gasteiger partial charge in [0.25, 0.3) is 0 Å². The molecule has 1 N–H and O–H groups in total. The van der Waals surface area contributed by atoms with Gasteiger partial charge in [-0.3, -0.25) is 0 Å². The monoisotopic (exact) mass is 297 g/mol. The predicted molar refractivity (Wildman–Crippen MR) is 82.8 cm³/mol. The standard InChI is InChI=1S/C15H15N5S/c1-2-4-13(20-8-7-16-10-20)12(3-1)9-17-15-19-18-14(21-15)11-5-6-11/h1-4,7-8,10-11H,5-6,9H2,(H,17,19). The van der Waals surface area contributed by atoms with Crippen LogP contribution in [0.3, 0.4) is 0 Å². The van der Waals surface area contributed by atoms with Crippen LogP contribution in [0.25, 0.3) is 5.69 Å². The second-order valence-corrected chi connectivity index (χ2v) is 6.18. The van der Waals surface area contributed by atoms with Crippen LogP contribution in [0.2, 0.25) is 0 Å². The van der Waals surface area contributed by atoms with Gasteiger partial charge in [0.2, 0.25) is 5.13 Å². The lowest BCUT2D eigenvalue weighted by Crippen LogP contribution is -2.04. The summed E-state index contributed by atoms with van der Waals surface area (Å²) in [4.78, 5) is 4.11. The largest absolute Gasteiger partial charge is 0.356 e. The van der Waals surface area contributed by atoms with Gasteiger partial charge in [-0.2, -0.15) is 0 Å². The Bertz CT molecular complexity index is 730. The number of aromatic nitrogens is 4. The molecule has 5 nitrogen and oxygen atoms in total. The molecule has 3 aromatic rings. The van der Waals surface area contributed by atoms with Crippen LogP contribution in [0.15, 0.2) is 43.0 Å². The molecule has 6 heteroatoms. The fourth-order valence-corrected chi connectivity index (χ4v) is 3.19. The highest BCUT2D eigenvalue weighted by atomic mass is 32.1. The van der Waals surface area contributed by atoms with Crippen molar-refractivity contribution in [2.75, 3.05) is 5.32 Å². The van der Waals surface area contributed by atoms with E-state index < -0.39 is 0 Å². The lowest BCUT2D eigenvalue weighted by molar-refractivity contribution is 0.962. The van der Waals surface area contributed by atoms with Gasteiger partial charge in [0.05, 0.1) is 12.0 Å². The molecule has 1 aliphatic carbocycles. The summed E-state index contributed by atoms with van der Waals surface area (Å²) < 4.78 is 2.02. The minimum absolute atomic E-state index is 0.663. The van der Waals surface area contributed by atoms with Crippen LogP contribution in [0.4, 0.5) is 5.13 Å². The second kappa shape index (κ2) is 5.29. The topological polar surface area (TPSA) is 55.6 Å². The maximum atomic E-state index is 4.25. The van der Waals surface area contributed by atoms with Crippen LogP contribution in [0, 0.1) is 0 Å². The van der Waals surface area contributed by atoms with E-state index in [2.05, 4.69) is 32.6 Å². The SMILES string of the molecule is c1ccc(-n2ccnc2)c(CNc2nnc(C3CC3)s2)c1. The minimum atomic E-state index is 0.663. The van der Waals surface area contributed by atoms with Crippen molar-refractivity contribution in [1.82, 2.24) is 19.7 Å². The van der Waals surface area contributed by atoms with E-state index in [0.29, 0.717) is 5.92 Å². The summed E-state index contributed by atoms with van der Waals surface area (Å²) >= 11 is 1.67. The molecule has 0 spiro atoms. The van der Waals surface area contributed by atoms with Crippen molar-refractivity contribution >= 4 is 16.5 Å². The lowest BCUT2D eigenvalue weighted by atomic mass is 10.2. The molecule has 0 unspecified atom stereocenters. The van der Waals surface area contributed by atoms with Crippen molar-refractivity contribution in [2.24, 2.45) is 0 Å². The Labute approximate surface area is 126 Å². The van der Waals surface area contributed by atoms with E-state index in [9.17, 15) is 0 Å². The summed E-state index contributed by atoms with van der Waals surface area (Å²) in [6.45, 7) is 0.730. The second-order valence-electron chi connectivity index (χ2n) is 5.17. The Morgan fingerprint density at radius 2 is 2.14 bits per heavy atom. The first-order valence-electron chi connectivity index (χ1n) is 7.03. The fourth-order valence-electron chi connectivity index (χ4n) is 2.29. The van der Waals surface area contributed by atoms with Crippen LogP contribution < -0.4 is 5.32 Å². The van der Waals surface area contributed by atoms with Crippen molar-refractivity contribution in [1.29, 1.82) is 0 Å². The van der Waals surface area contributed by atoms with E-state index in [4.69, 9.17) is 0 Å². The van der Waals surface area contributed by atoms with Crippen molar-refractivity contribution < 1.29 is 0 Å². The molecule has 0 amide bonds. The molecule has 106 valence electrons. The predicted octanol–water partition coefficient (Wildman–Crippen LogP) is 3.21. The third-order valence-corrected chi connectivity index (χ3v) is 4.61. The first-order valence-corrected chi connectivity index (χ1v) is 7.85. The highest BCUT2D eigenvalue weighted by Crippen LogP contribution is 2.42. The Balaban J connectivity index is 1.51. The van der Waals surface area contributed by atoms with Gasteiger partial charge in [0.1, 0.15) is 5.01 Å². The van der Waals surface area contributed by atoms with Gasteiger partial charge in [-0.25, -0.2) is 4.98 Å². The third kappa shape index (κ3) is 2.67. The number of nitrogens with one attached hydrogen (secondary N) is 1. The van der Waals surface area contributed by atoms with Crippen molar-refractivity contribution in [3.63, 3.8) is 0 Å². The van der Waals surface area contributed by atoms with Gasteiger partial charge >= 0.3 is 0 Å². The number of anilines is 1. The van der Waals surface area contributed by atoms with Gasteiger partial charge in [-0.1, -0.05) is 29.5 Å². The lowest BCUT2D eigenvalue weighted by Gasteiger charge is -2.10. The van der Waals surface area contributed by atoms with Crippen LogP contribution in [0.1, 0.15) is 29.3 Å². The van der Waals surface area contributed by atoms with E-state index in [1.807, 2.05) is 29.2 Å². The smallest absolute Gasteiger partial charge is 0.205 e. The van der Waals surface area contributed by atoms with E-state index in [1.54, 1.807) is 17.5 Å². The molecule has 1 aromatic carbocycles. The Hall–Kier alpha value is -2.21. The van der Waals surface area contributed by atoms with Crippen LogP contribution >= 0.6 is 11.3 Å². The summed E-state index contributed by atoms with van der Waals surface area (Å²) in [5, 5.41) is 13.9. The molecule has 0 aliphatic heterocycles. The molecular weight excluding hydrogens is 282 g/mol. The molecule has 2 heterocycles. The Morgan fingerprint density at radius 1 is 1.24 bits per heavy atom. The van der Waals surface area contributed by atoms with E-state index in [1.165, 1.54) is 23.4 Å². The van der Waals surface area contributed by atoms with Crippen molar-refractivity contribution in [3.8, 4) is 5.69 Å². The quantitative estimate of drug-likeness (QED) is 0.785. The first kappa shape index (κ1) is 12.5. The van der Waals surface area contributed by atoms with Crippen LogP contribution in [0.5, 0.6) is 0 Å². The van der Waals surface area contributed by atoms with E-state index >= 15 is 0 Å². The Kier molecular flexibility index (Phi) is 3.16. The van der Waals surface area contributed by atoms with Crippen molar-refractivity contribution in [3.05, 3.63) is 53.6 Å². The number of hydrogen-bond donors (Lipinski definition) is 1. The van der Waals surface area contributed by atoms with Gasteiger partial charge in [-0.05, 0) is 24.5 Å². The van der Waals surface area contributed by atoms with Crippen molar-refractivity contribution in [2.45, 2.75) is 25.3 Å². The molecule has 0 radical (unpaired) electrons. The molecule has 0 bridgehead atoms. The number of benzene rings is 1. The average Bonchev–Trinajstić information content (AvgIpc) is 3.04. The molecule has 1 aliphatic rings. The zero-order chi connectivity index (χ0) is 14.1. The molecule has 1 saturated carbocycles. The molecule has 2 aromatic heterocycles. The normalized spacial score (nSPS) is 14.3. The molecule has 4 rings (SSSR count). The van der Waals surface area contributed by atoms with Gasteiger partial charge in [-0.15, -0.1) is 10.2 Å². The summed E-state index contributed by atoms with van der Waals surface area (Å²) in [6, 6.07) is 8.29. The zero-order valence-corrected chi connectivity index (χ0v) is 12.3. The molecule has 0 saturated heterocycles. The molecular formula is C15H15N5S. The number of para-hydroxylation sites is 1. The number of hydrogen-bond acceptors (Lipinski definition) is 5. The number of nitrogens with zero attached hydrogens (tertiary/aromatic N) is 4. The highest BCUT2D eigenvalue weighted by molar-refractivity contribution is 7.15. The Morgan fingerprint density at radius 3 is 2.95 bits per heavy atom. The highest BCUT2D eigenvalue weighted by Gasteiger charge is 2.27. The zero-order valence-electron chi connectivity index (χ0n) is 11.4. The maximum Gasteiger partial charge on any atom is 0.205 e. The van der Waals surface area contributed by atoms with Gasteiger partial charge in [0, 0.05) is 24.9 Å². The van der Waals surface area contributed by atoms with Crippen LogP contribution in [-0.2, 0) is 6.54 Å². The van der Waals surface area contributed by atoms with E-state index in [0.717, 1.165) is 17.4 Å². The first-order chi connectivity index (χ1) is 10.4. The summed E-state index contributed by atoms with van der Waals surface area (Å²) in [6.07, 6.45) is 8.08. The number of rotatable bonds is 5. The third-order valence-electron chi connectivity index (χ3n) is 3.57. The summed E-state index contributed by atoms with van der Waals surface area (Å²) in [5.41, 5.74) is 2.34. The van der Waals surface area contributed by atoms with Crippen LogP contribution in [-0.4, -0.2) is 19.7 Å². The maximum absolute atomic E-state index is 4.25. The molecule has 21 heavy (non-hydrogen) atoms. The molecule has 0 atom stereocenters. The van der Waals surface area contributed by atoms with E-state index in [-0.39, 0.29) is 0 Å².